The minimum absolute atomic E-state index is 0.303. The number of rotatable bonds is 12. The predicted molar refractivity (Wildman–Crippen MR) is 111 cm³/mol. The molecule has 142 valence electrons. The van der Waals surface area contributed by atoms with Gasteiger partial charge in [0.05, 0.1) is 0 Å². The Kier molecular flexibility index (Phi) is 8.67. The Morgan fingerprint density at radius 2 is 1.42 bits per heavy atom. The zero-order valence-corrected chi connectivity index (χ0v) is 16.9. The molecule has 0 radical (unpaired) electrons. The highest BCUT2D eigenvalue weighted by atomic mass is 16.1. The summed E-state index contributed by atoms with van der Waals surface area (Å²) in [5, 5.41) is 0. The molecule has 0 saturated heterocycles. The van der Waals surface area contributed by atoms with Gasteiger partial charge in [-0.3, -0.25) is 4.79 Å². The topological polar surface area (TPSA) is 22.0 Å². The quantitative estimate of drug-likeness (QED) is 0.292. The molecule has 2 aromatic rings. The lowest BCUT2D eigenvalue weighted by molar-refractivity contribution is 0.0978. The molecule has 2 nitrogen and oxygen atoms in total. The lowest BCUT2D eigenvalue weighted by Gasteiger charge is -2.07. The highest BCUT2D eigenvalue weighted by molar-refractivity contribution is 5.98. The van der Waals surface area contributed by atoms with Crippen LogP contribution in [0.3, 0.4) is 0 Å². The van der Waals surface area contributed by atoms with Gasteiger partial charge in [0.2, 0.25) is 0 Å². The molecular weight excluding hydrogens is 318 g/mol. The van der Waals surface area contributed by atoms with Crippen LogP contribution in [0.5, 0.6) is 0 Å². The van der Waals surface area contributed by atoms with E-state index in [-0.39, 0.29) is 0 Å². The van der Waals surface area contributed by atoms with Crippen molar-refractivity contribution in [1.29, 1.82) is 0 Å². The monoisotopic (exact) mass is 353 g/mol. The Morgan fingerprint density at radius 3 is 2.04 bits per heavy atom. The van der Waals surface area contributed by atoms with Gasteiger partial charge in [-0.2, -0.15) is 0 Å². The van der Waals surface area contributed by atoms with Crippen LogP contribution in [0.1, 0.15) is 92.7 Å². The lowest BCUT2D eigenvalue weighted by Crippen LogP contribution is -2.03. The fraction of sp³-hybridized carbons (Fsp3) is 0.542. The van der Waals surface area contributed by atoms with Gasteiger partial charge in [0.15, 0.2) is 5.78 Å². The number of aryl methyl sites for hydroxylation is 1. The van der Waals surface area contributed by atoms with Crippen LogP contribution in [-0.2, 0) is 0 Å². The molecule has 0 aliphatic heterocycles. The van der Waals surface area contributed by atoms with Crippen molar-refractivity contribution < 1.29 is 4.79 Å². The zero-order valence-electron chi connectivity index (χ0n) is 16.9. The van der Waals surface area contributed by atoms with Gasteiger partial charge in [0.1, 0.15) is 0 Å². The third kappa shape index (κ3) is 5.86. The summed E-state index contributed by atoms with van der Waals surface area (Å²) in [6, 6.07) is 10.3. The molecule has 0 aliphatic rings. The van der Waals surface area contributed by atoms with E-state index in [1.807, 2.05) is 18.2 Å². The van der Waals surface area contributed by atoms with Gasteiger partial charge in [-0.1, -0.05) is 76.5 Å². The van der Waals surface area contributed by atoms with E-state index >= 15 is 0 Å². The number of aromatic nitrogens is 1. The van der Waals surface area contributed by atoms with Crippen LogP contribution in [-0.4, -0.2) is 10.4 Å². The van der Waals surface area contributed by atoms with Crippen LogP contribution in [0.4, 0.5) is 0 Å². The van der Waals surface area contributed by atoms with E-state index in [1.54, 1.807) is 0 Å². The zero-order chi connectivity index (χ0) is 18.8. The van der Waals surface area contributed by atoms with E-state index in [1.165, 1.54) is 51.4 Å². The summed E-state index contributed by atoms with van der Waals surface area (Å²) in [5.74, 6) is 0.303. The standard InChI is InChI=1S/C24H35NO/c1-4-5-6-7-8-9-10-11-15-18-23(26)24-20(2)19-25(21(24)3)22-16-13-12-14-17-22/h12-14,16-17,19H,4-11,15,18H2,1-3H3. The molecule has 26 heavy (non-hydrogen) atoms. The van der Waals surface area contributed by atoms with E-state index in [9.17, 15) is 4.79 Å². The van der Waals surface area contributed by atoms with E-state index in [2.05, 4.69) is 43.7 Å². The first-order valence-electron chi connectivity index (χ1n) is 10.4. The maximum absolute atomic E-state index is 12.7. The smallest absolute Gasteiger partial charge is 0.164 e. The molecule has 2 rings (SSSR count). The first-order chi connectivity index (χ1) is 12.6. The second-order valence-electron chi connectivity index (χ2n) is 7.48. The number of ketones is 1. The molecule has 1 aromatic carbocycles. The molecule has 0 N–H and O–H groups in total. The van der Waals surface area contributed by atoms with Crippen LogP contribution in [0.2, 0.25) is 0 Å². The van der Waals surface area contributed by atoms with Crippen molar-refractivity contribution in [3.63, 3.8) is 0 Å². The summed E-state index contributed by atoms with van der Waals surface area (Å²) in [6.07, 6.45) is 14.3. The number of unbranched alkanes of at least 4 members (excludes halogenated alkanes) is 8. The largest absolute Gasteiger partial charge is 0.320 e. The number of nitrogens with zero attached hydrogens (tertiary/aromatic N) is 1. The maximum atomic E-state index is 12.7. The van der Waals surface area contributed by atoms with Gasteiger partial charge >= 0.3 is 0 Å². The Bertz CT molecular complexity index is 669. The molecular formula is C24H35NO. The van der Waals surface area contributed by atoms with Crippen LogP contribution in [0, 0.1) is 13.8 Å². The Balaban J connectivity index is 1.79. The number of para-hydroxylation sites is 1. The van der Waals surface area contributed by atoms with E-state index in [4.69, 9.17) is 0 Å². The first-order valence-corrected chi connectivity index (χ1v) is 10.4. The molecule has 0 saturated carbocycles. The molecule has 1 heterocycles. The van der Waals surface area contributed by atoms with Gasteiger partial charge in [-0.05, 0) is 38.0 Å². The molecule has 0 amide bonds. The third-order valence-corrected chi connectivity index (χ3v) is 5.26. The number of Topliss-reactive ketones (excluding diaryl/α,β-unsaturated/α-hetero) is 1. The molecule has 1 aromatic heterocycles. The lowest BCUT2D eigenvalue weighted by atomic mass is 10.0. The summed E-state index contributed by atoms with van der Waals surface area (Å²) < 4.78 is 2.14. The van der Waals surface area contributed by atoms with Crippen molar-refractivity contribution in [3.05, 3.63) is 53.3 Å². The van der Waals surface area contributed by atoms with Crippen molar-refractivity contribution in [2.75, 3.05) is 0 Å². The number of hydrogen-bond acceptors (Lipinski definition) is 1. The fourth-order valence-corrected chi connectivity index (χ4v) is 3.76. The average molecular weight is 354 g/mol. The summed E-state index contributed by atoms with van der Waals surface area (Å²) >= 11 is 0. The molecule has 0 bridgehead atoms. The second kappa shape index (κ2) is 11.0. The summed E-state index contributed by atoms with van der Waals surface area (Å²) in [7, 11) is 0. The van der Waals surface area contributed by atoms with Crippen molar-refractivity contribution in [1.82, 2.24) is 4.57 Å². The van der Waals surface area contributed by atoms with Gasteiger partial charge < -0.3 is 4.57 Å². The number of benzene rings is 1. The van der Waals surface area contributed by atoms with Gasteiger partial charge in [-0.15, -0.1) is 0 Å². The normalized spacial score (nSPS) is 11.0. The summed E-state index contributed by atoms with van der Waals surface area (Å²) in [5.41, 5.74) is 4.20. The maximum Gasteiger partial charge on any atom is 0.164 e. The highest BCUT2D eigenvalue weighted by Gasteiger charge is 2.17. The van der Waals surface area contributed by atoms with Crippen LogP contribution >= 0.6 is 0 Å². The highest BCUT2D eigenvalue weighted by Crippen LogP contribution is 2.23. The molecule has 0 unspecified atom stereocenters. The van der Waals surface area contributed by atoms with Crippen molar-refractivity contribution >= 4 is 5.78 Å². The minimum atomic E-state index is 0.303. The Morgan fingerprint density at radius 1 is 0.846 bits per heavy atom. The number of hydrogen-bond donors (Lipinski definition) is 0. The van der Waals surface area contributed by atoms with E-state index in [0.29, 0.717) is 12.2 Å². The van der Waals surface area contributed by atoms with E-state index < -0.39 is 0 Å². The Labute approximate surface area is 159 Å². The number of carbonyl (C=O) groups excluding carboxylic acids is 1. The van der Waals surface area contributed by atoms with Crippen LogP contribution in [0.15, 0.2) is 36.5 Å². The van der Waals surface area contributed by atoms with Crippen molar-refractivity contribution in [3.8, 4) is 5.69 Å². The van der Waals surface area contributed by atoms with Gasteiger partial charge in [-0.25, -0.2) is 0 Å². The van der Waals surface area contributed by atoms with E-state index in [0.717, 1.165) is 28.9 Å². The van der Waals surface area contributed by atoms with Crippen LogP contribution < -0.4 is 0 Å². The predicted octanol–water partition coefficient (Wildman–Crippen LogP) is 7.20. The SMILES string of the molecule is CCCCCCCCCCCC(=O)c1c(C)cn(-c2ccccc2)c1C. The average Bonchev–Trinajstić information content (AvgIpc) is 2.95. The first kappa shape index (κ1) is 20.5. The molecule has 2 heteroatoms. The second-order valence-corrected chi connectivity index (χ2v) is 7.48. The van der Waals surface area contributed by atoms with Crippen molar-refractivity contribution in [2.24, 2.45) is 0 Å². The molecule has 0 aliphatic carbocycles. The molecule has 0 spiro atoms. The van der Waals surface area contributed by atoms with Crippen molar-refractivity contribution in [2.45, 2.75) is 85.0 Å². The fourth-order valence-electron chi connectivity index (χ4n) is 3.76. The summed E-state index contributed by atoms with van der Waals surface area (Å²) in [6.45, 7) is 6.37. The molecule has 0 atom stereocenters. The third-order valence-electron chi connectivity index (χ3n) is 5.26. The Hall–Kier alpha value is -1.83. The van der Waals surface area contributed by atoms with Crippen LogP contribution in [0.25, 0.3) is 5.69 Å². The minimum Gasteiger partial charge on any atom is -0.320 e. The number of carbonyl (C=O) groups is 1. The van der Waals surface area contributed by atoms with Gasteiger partial charge in [0, 0.05) is 29.6 Å². The summed E-state index contributed by atoms with van der Waals surface area (Å²) in [4.78, 5) is 12.7. The van der Waals surface area contributed by atoms with Gasteiger partial charge in [0.25, 0.3) is 0 Å². The molecule has 0 fully saturated rings.